The summed E-state index contributed by atoms with van der Waals surface area (Å²) < 4.78 is 7.14. The van der Waals surface area contributed by atoms with E-state index in [4.69, 9.17) is 21.0 Å². The van der Waals surface area contributed by atoms with Crippen molar-refractivity contribution in [3.05, 3.63) is 98.9 Å². The van der Waals surface area contributed by atoms with Gasteiger partial charge < -0.3 is 9.32 Å². The zero-order chi connectivity index (χ0) is 22.8. The monoisotopic (exact) mass is 449 g/mol. The molecule has 32 heavy (non-hydrogen) atoms. The Morgan fingerprint density at radius 3 is 2.66 bits per heavy atom. The summed E-state index contributed by atoms with van der Waals surface area (Å²) in [5.74, 6) is 0.875. The molecule has 0 bridgehead atoms. The molecule has 0 spiro atoms. The van der Waals surface area contributed by atoms with Crippen molar-refractivity contribution in [3.8, 4) is 0 Å². The topological polar surface area (TPSA) is 68.3 Å². The summed E-state index contributed by atoms with van der Waals surface area (Å²) in [6.45, 7) is 6.35. The Balaban J connectivity index is 1.85. The van der Waals surface area contributed by atoms with E-state index in [2.05, 4.69) is 0 Å². The highest BCUT2D eigenvalue weighted by molar-refractivity contribution is 6.33. The van der Waals surface area contributed by atoms with Crippen LogP contribution in [0.2, 0.25) is 5.02 Å². The second-order valence-electron chi connectivity index (χ2n) is 7.71. The Hall–Kier alpha value is -3.38. The zero-order valence-electron chi connectivity index (χ0n) is 18.2. The smallest absolute Gasteiger partial charge is 0.261 e. The number of hydrogen-bond donors (Lipinski definition) is 0. The van der Waals surface area contributed by atoms with Crippen molar-refractivity contribution >= 4 is 28.4 Å². The number of nitrogens with zero attached hydrogens (tertiary/aromatic N) is 3. The first-order chi connectivity index (χ1) is 15.4. The van der Waals surface area contributed by atoms with E-state index in [1.165, 1.54) is 0 Å². The van der Waals surface area contributed by atoms with Gasteiger partial charge in [-0.25, -0.2) is 4.98 Å². The molecule has 4 aromatic rings. The number of rotatable bonds is 6. The van der Waals surface area contributed by atoms with Crippen molar-refractivity contribution in [2.75, 3.05) is 0 Å². The van der Waals surface area contributed by atoms with Crippen LogP contribution in [0.3, 0.4) is 0 Å². The van der Waals surface area contributed by atoms with E-state index >= 15 is 0 Å². The first-order valence-electron chi connectivity index (χ1n) is 10.5. The van der Waals surface area contributed by atoms with Gasteiger partial charge in [0.1, 0.15) is 11.6 Å². The van der Waals surface area contributed by atoms with Crippen LogP contribution in [0.25, 0.3) is 10.9 Å². The molecule has 0 saturated heterocycles. The van der Waals surface area contributed by atoms with E-state index in [0.717, 1.165) is 5.56 Å². The highest BCUT2D eigenvalue weighted by Gasteiger charge is 2.28. The maximum absolute atomic E-state index is 13.6. The first-order valence-corrected chi connectivity index (χ1v) is 10.9. The normalized spacial score (nSPS) is 12.1. The molecule has 2 aromatic heterocycles. The number of amides is 1. The number of benzene rings is 2. The fraction of sp³-hybridized carbons (Fsp3) is 0.240. The predicted octanol–water partition coefficient (Wildman–Crippen LogP) is 5.37. The number of aromatic nitrogens is 2. The zero-order valence-corrected chi connectivity index (χ0v) is 19.0. The third kappa shape index (κ3) is 4.06. The molecule has 4 rings (SSSR count). The van der Waals surface area contributed by atoms with Crippen LogP contribution >= 0.6 is 11.6 Å². The second-order valence-corrected chi connectivity index (χ2v) is 8.12. The highest BCUT2D eigenvalue weighted by atomic mass is 35.5. The van der Waals surface area contributed by atoms with Crippen LogP contribution in [0.1, 0.15) is 47.4 Å². The van der Waals surface area contributed by atoms with E-state index < -0.39 is 6.04 Å². The van der Waals surface area contributed by atoms with E-state index in [1.807, 2.05) is 45.0 Å². The lowest BCUT2D eigenvalue weighted by atomic mass is 10.1. The summed E-state index contributed by atoms with van der Waals surface area (Å²) in [6.07, 6.45) is 1.57. The molecule has 0 saturated carbocycles. The number of fused-ring (bicyclic) bond motifs is 1. The Kier molecular flexibility index (Phi) is 6.15. The quantitative estimate of drug-likeness (QED) is 0.396. The number of carbonyl (C=O) groups is 1. The van der Waals surface area contributed by atoms with Gasteiger partial charge in [0, 0.05) is 6.54 Å². The van der Waals surface area contributed by atoms with Crippen molar-refractivity contribution in [1.82, 2.24) is 14.5 Å². The Morgan fingerprint density at radius 1 is 1.19 bits per heavy atom. The Labute approximate surface area is 191 Å². The molecule has 7 heteroatoms. The third-order valence-corrected chi connectivity index (χ3v) is 5.90. The minimum atomic E-state index is -0.512. The average Bonchev–Trinajstić information content (AvgIpc) is 3.30. The molecular formula is C25H24ClN3O3. The molecule has 0 radical (unpaired) electrons. The Bertz CT molecular complexity index is 1330. The summed E-state index contributed by atoms with van der Waals surface area (Å²) in [6, 6.07) is 15.6. The largest absolute Gasteiger partial charge is 0.467 e. The molecule has 1 atom stereocenters. The Morgan fingerprint density at radius 2 is 1.97 bits per heavy atom. The fourth-order valence-electron chi connectivity index (χ4n) is 3.86. The van der Waals surface area contributed by atoms with Crippen LogP contribution < -0.4 is 5.56 Å². The first kappa shape index (κ1) is 21.8. The van der Waals surface area contributed by atoms with Gasteiger partial charge in [0.25, 0.3) is 11.5 Å². The van der Waals surface area contributed by atoms with Crippen LogP contribution in [0, 0.1) is 6.92 Å². The van der Waals surface area contributed by atoms with Gasteiger partial charge in [0.05, 0.1) is 40.3 Å². The van der Waals surface area contributed by atoms with Crippen LogP contribution in [-0.2, 0) is 13.1 Å². The van der Waals surface area contributed by atoms with Crippen molar-refractivity contribution < 1.29 is 9.21 Å². The SMILES string of the molecule is CCn1c(C(C)N(Cc2ccco2)C(=O)c2ccccc2Cl)nc2ccc(C)cc2c1=O. The minimum absolute atomic E-state index is 0.119. The van der Waals surface area contributed by atoms with Gasteiger partial charge in [-0.1, -0.05) is 35.4 Å². The molecule has 6 nitrogen and oxygen atoms in total. The number of aryl methyl sites for hydroxylation is 1. The molecule has 1 amide bonds. The maximum Gasteiger partial charge on any atom is 0.261 e. The molecule has 1 unspecified atom stereocenters. The molecule has 0 fully saturated rings. The van der Waals surface area contributed by atoms with E-state index in [0.29, 0.717) is 39.6 Å². The summed E-state index contributed by atoms with van der Waals surface area (Å²) >= 11 is 6.33. The predicted molar refractivity (Wildman–Crippen MR) is 125 cm³/mol. The van der Waals surface area contributed by atoms with E-state index in [9.17, 15) is 9.59 Å². The number of furan rings is 1. The summed E-state index contributed by atoms with van der Waals surface area (Å²) in [5, 5.41) is 0.932. The molecule has 0 aliphatic heterocycles. The van der Waals surface area contributed by atoms with Gasteiger partial charge in [-0.15, -0.1) is 0 Å². The maximum atomic E-state index is 13.6. The number of carbonyl (C=O) groups excluding carboxylic acids is 1. The lowest BCUT2D eigenvalue weighted by Crippen LogP contribution is -2.37. The molecule has 164 valence electrons. The van der Waals surface area contributed by atoms with Crippen LogP contribution in [0.4, 0.5) is 0 Å². The molecule has 2 aromatic carbocycles. The van der Waals surface area contributed by atoms with Crippen molar-refractivity contribution in [1.29, 1.82) is 0 Å². The van der Waals surface area contributed by atoms with Crippen LogP contribution in [0.5, 0.6) is 0 Å². The highest BCUT2D eigenvalue weighted by Crippen LogP contribution is 2.27. The summed E-state index contributed by atoms with van der Waals surface area (Å²) in [5.41, 5.74) is 1.86. The van der Waals surface area contributed by atoms with Gasteiger partial charge in [-0.3, -0.25) is 14.2 Å². The van der Waals surface area contributed by atoms with E-state index in [-0.39, 0.29) is 18.0 Å². The lowest BCUT2D eigenvalue weighted by Gasteiger charge is -2.30. The molecular weight excluding hydrogens is 426 g/mol. The van der Waals surface area contributed by atoms with Gasteiger partial charge in [-0.2, -0.15) is 0 Å². The number of halogens is 1. The van der Waals surface area contributed by atoms with Crippen molar-refractivity contribution in [2.24, 2.45) is 0 Å². The molecule has 0 aliphatic rings. The van der Waals surface area contributed by atoms with E-state index in [1.54, 1.807) is 46.1 Å². The van der Waals surface area contributed by atoms with Crippen molar-refractivity contribution in [3.63, 3.8) is 0 Å². The molecule has 2 heterocycles. The minimum Gasteiger partial charge on any atom is -0.467 e. The van der Waals surface area contributed by atoms with Gasteiger partial charge >= 0.3 is 0 Å². The average molecular weight is 450 g/mol. The molecule has 0 aliphatic carbocycles. The standard InChI is InChI=1S/C25H24ClN3O3/c1-4-28-23(27-22-12-11-16(2)14-20(22)25(28)31)17(3)29(15-18-8-7-13-32-18)24(30)19-9-5-6-10-21(19)26/h5-14,17H,4,15H2,1-3H3. The number of hydrogen-bond acceptors (Lipinski definition) is 4. The fourth-order valence-corrected chi connectivity index (χ4v) is 4.08. The lowest BCUT2D eigenvalue weighted by molar-refractivity contribution is 0.0646. The van der Waals surface area contributed by atoms with Crippen LogP contribution in [0.15, 0.2) is 70.1 Å². The van der Waals surface area contributed by atoms with Crippen molar-refractivity contribution in [2.45, 2.75) is 39.9 Å². The third-order valence-electron chi connectivity index (χ3n) is 5.57. The van der Waals surface area contributed by atoms with Gasteiger partial charge in [0.2, 0.25) is 0 Å². The van der Waals surface area contributed by atoms with Gasteiger partial charge in [0.15, 0.2) is 0 Å². The summed E-state index contributed by atoms with van der Waals surface area (Å²) in [4.78, 5) is 33.3. The summed E-state index contributed by atoms with van der Waals surface area (Å²) in [7, 11) is 0. The molecule has 0 N–H and O–H groups in total. The van der Waals surface area contributed by atoms with Crippen LogP contribution in [-0.4, -0.2) is 20.4 Å². The second kappa shape index (κ2) is 9.01. The van der Waals surface area contributed by atoms with Gasteiger partial charge in [-0.05, 0) is 57.2 Å².